The van der Waals surface area contributed by atoms with Gasteiger partial charge in [0.15, 0.2) is 5.78 Å². The molecule has 0 atom stereocenters. The summed E-state index contributed by atoms with van der Waals surface area (Å²) in [6.07, 6.45) is 3.15. The Bertz CT molecular complexity index is 293. The van der Waals surface area contributed by atoms with E-state index >= 15 is 0 Å². The van der Waals surface area contributed by atoms with Crippen molar-refractivity contribution in [3.8, 4) is 0 Å². The molecule has 0 amide bonds. The van der Waals surface area contributed by atoms with E-state index in [1.807, 2.05) is 18.3 Å². The third-order valence-corrected chi connectivity index (χ3v) is 1.98. The van der Waals surface area contributed by atoms with Crippen LogP contribution >= 0.6 is 0 Å². The van der Waals surface area contributed by atoms with Gasteiger partial charge in [0.25, 0.3) is 0 Å². The number of methoxy groups -OCH3 is 1. The number of hydrogen-bond acceptors (Lipinski definition) is 3. The fraction of sp³-hybridized carbons (Fsp3) is 0.455. The quantitative estimate of drug-likeness (QED) is 0.709. The molecule has 0 aromatic carbocycles. The van der Waals surface area contributed by atoms with E-state index in [1.54, 1.807) is 0 Å². The predicted octanol–water partition coefficient (Wildman–Crippen LogP) is 1.40. The number of carbonyl (C=O) groups is 1. The minimum absolute atomic E-state index is 0.0595. The third-order valence-electron chi connectivity index (χ3n) is 1.98. The summed E-state index contributed by atoms with van der Waals surface area (Å²) in [6, 6.07) is 3.90. The van der Waals surface area contributed by atoms with Gasteiger partial charge in [-0.05, 0) is 18.1 Å². The third kappa shape index (κ3) is 3.26. The molecule has 1 aromatic rings. The molecule has 0 aliphatic heterocycles. The van der Waals surface area contributed by atoms with Crippen molar-refractivity contribution in [1.29, 1.82) is 0 Å². The maximum Gasteiger partial charge on any atom is 0.164 e. The molecular weight excluding hydrogens is 178 g/mol. The van der Waals surface area contributed by atoms with Crippen molar-refractivity contribution in [1.82, 2.24) is 4.98 Å². The van der Waals surface area contributed by atoms with E-state index < -0.39 is 0 Å². The SMILES string of the molecule is CCc1ccc(CC(=O)COC)nc1. The van der Waals surface area contributed by atoms with Gasteiger partial charge in [0.05, 0.1) is 6.42 Å². The van der Waals surface area contributed by atoms with Gasteiger partial charge in [0, 0.05) is 19.0 Å². The monoisotopic (exact) mass is 193 g/mol. The molecule has 0 aliphatic rings. The molecule has 76 valence electrons. The van der Waals surface area contributed by atoms with E-state index in [2.05, 4.69) is 11.9 Å². The second kappa shape index (κ2) is 5.50. The van der Waals surface area contributed by atoms with Gasteiger partial charge in [0.2, 0.25) is 0 Å². The Labute approximate surface area is 84.1 Å². The van der Waals surface area contributed by atoms with Crippen molar-refractivity contribution in [3.63, 3.8) is 0 Å². The maximum atomic E-state index is 11.2. The number of Topliss-reactive ketones (excluding diaryl/α,β-unsaturated/α-hetero) is 1. The average Bonchev–Trinajstić information content (AvgIpc) is 2.19. The lowest BCUT2D eigenvalue weighted by atomic mass is 10.1. The summed E-state index contributed by atoms with van der Waals surface area (Å²) in [6.45, 7) is 2.24. The Hall–Kier alpha value is -1.22. The molecule has 3 heteroatoms. The van der Waals surface area contributed by atoms with Gasteiger partial charge < -0.3 is 4.74 Å². The molecule has 1 aromatic heterocycles. The number of rotatable bonds is 5. The minimum atomic E-state index is 0.0595. The van der Waals surface area contributed by atoms with E-state index in [0.29, 0.717) is 6.42 Å². The van der Waals surface area contributed by atoms with Crippen LogP contribution in [0.1, 0.15) is 18.2 Å². The van der Waals surface area contributed by atoms with E-state index in [4.69, 9.17) is 4.74 Å². The van der Waals surface area contributed by atoms with Crippen LogP contribution < -0.4 is 0 Å². The Morgan fingerprint density at radius 3 is 2.79 bits per heavy atom. The number of aryl methyl sites for hydroxylation is 1. The Balaban J connectivity index is 2.55. The summed E-state index contributed by atoms with van der Waals surface area (Å²) in [4.78, 5) is 15.4. The van der Waals surface area contributed by atoms with Crippen LogP contribution in [0.4, 0.5) is 0 Å². The Kier molecular flexibility index (Phi) is 4.26. The van der Waals surface area contributed by atoms with Gasteiger partial charge in [-0.25, -0.2) is 0 Å². The molecule has 0 fully saturated rings. The lowest BCUT2D eigenvalue weighted by Gasteiger charge is -2.00. The summed E-state index contributed by atoms with van der Waals surface area (Å²) in [5, 5.41) is 0. The molecule has 14 heavy (non-hydrogen) atoms. The molecule has 0 unspecified atom stereocenters. The molecule has 0 saturated carbocycles. The van der Waals surface area contributed by atoms with Crippen LogP contribution in [-0.4, -0.2) is 24.5 Å². The first kappa shape index (κ1) is 10.9. The van der Waals surface area contributed by atoms with Crippen molar-refractivity contribution in [2.75, 3.05) is 13.7 Å². The van der Waals surface area contributed by atoms with Gasteiger partial charge in [-0.3, -0.25) is 9.78 Å². The first-order valence-corrected chi connectivity index (χ1v) is 4.70. The van der Waals surface area contributed by atoms with Crippen molar-refractivity contribution in [2.45, 2.75) is 19.8 Å². The predicted molar refractivity (Wildman–Crippen MR) is 54.2 cm³/mol. The highest BCUT2D eigenvalue weighted by Crippen LogP contribution is 2.02. The summed E-state index contributed by atoms with van der Waals surface area (Å²) in [7, 11) is 1.52. The molecule has 1 rings (SSSR count). The molecule has 0 saturated heterocycles. The summed E-state index contributed by atoms with van der Waals surface area (Å²) in [5.41, 5.74) is 2.00. The largest absolute Gasteiger partial charge is 0.377 e. The van der Waals surface area contributed by atoms with Crippen LogP contribution in [0, 0.1) is 0 Å². The lowest BCUT2D eigenvalue weighted by molar-refractivity contribution is -0.122. The number of ether oxygens (including phenoxy) is 1. The molecule has 0 N–H and O–H groups in total. The summed E-state index contributed by atoms with van der Waals surface area (Å²) >= 11 is 0. The lowest BCUT2D eigenvalue weighted by Crippen LogP contribution is -2.10. The van der Waals surface area contributed by atoms with E-state index in [9.17, 15) is 4.79 Å². The number of carbonyl (C=O) groups excluding carboxylic acids is 1. The van der Waals surface area contributed by atoms with Crippen molar-refractivity contribution in [2.24, 2.45) is 0 Å². The first-order chi connectivity index (χ1) is 6.76. The number of ketones is 1. The molecule has 3 nitrogen and oxygen atoms in total. The zero-order chi connectivity index (χ0) is 10.4. The van der Waals surface area contributed by atoms with Crippen LogP contribution in [0.15, 0.2) is 18.3 Å². The number of pyridine rings is 1. The normalized spacial score (nSPS) is 10.1. The molecule has 0 aliphatic carbocycles. The molecule has 1 heterocycles. The second-order valence-electron chi connectivity index (χ2n) is 3.16. The van der Waals surface area contributed by atoms with Gasteiger partial charge in [-0.15, -0.1) is 0 Å². The van der Waals surface area contributed by atoms with Gasteiger partial charge in [-0.1, -0.05) is 13.0 Å². The van der Waals surface area contributed by atoms with Crippen LogP contribution in [-0.2, 0) is 22.4 Å². The van der Waals surface area contributed by atoms with Crippen LogP contribution in [0.2, 0.25) is 0 Å². The summed E-state index contributed by atoms with van der Waals surface area (Å²) in [5.74, 6) is 0.0595. The van der Waals surface area contributed by atoms with Crippen molar-refractivity contribution >= 4 is 5.78 Å². The topological polar surface area (TPSA) is 39.2 Å². The molecule has 0 radical (unpaired) electrons. The zero-order valence-corrected chi connectivity index (χ0v) is 8.62. The van der Waals surface area contributed by atoms with Crippen LogP contribution in [0.25, 0.3) is 0 Å². The molecular formula is C11H15NO2. The number of nitrogens with zero attached hydrogens (tertiary/aromatic N) is 1. The average molecular weight is 193 g/mol. The highest BCUT2D eigenvalue weighted by molar-refractivity contribution is 5.81. The number of aromatic nitrogens is 1. The standard InChI is InChI=1S/C11H15NO2/c1-3-9-4-5-10(12-7-9)6-11(13)8-14-2/h4-5,7H,3,6,8H2,1-2H3. The number of hydrogen-bond donors (Lipinski definition) is 0. The van der Waals surface area contributed by atoms with E-state index in [0.717, 1.165) is 12.1 Å². The maximum absolute atomic E-state index is 11.2. The van der Waals surface area contributed by atoms with Crippen LogP contribution in [0.3, 0.4) is 0 Å². The Morgan fingerprint density at radius 2 is 2.29 bits per heavy atom. The van der Waals surface area contributed by atoms with Gasteiger partial charge >= 0.3 is 0 Å². The molecule has 0 bridgehead atoms. The minimum Gasteiger partial charge on any atom is -0.377 e. The Morgan fingerprint density at radius 1 is 1.50 bits per heavy atom. The van der Waals surface area contributed by atoms with Gasteiger partial charge in [-0.2, -0.15) is 0 Å². The zero-order valence-electron chi connectivity index (χ0n) is 8.62. The highest BCUT2D eigenvalue weighted by atomic mass is 16.5. The van der Waals surface area contributed by atoms with Crippen molar-refractivity contribution < 1.29 is 9.53 Å². The fourth-order valence-corrected chi connectivity index (χ4v) is 1.18. The van der Waals surface area contributed by atoms with E-state index in [1.165, 1.54) is 12.7 Å². The smallest absolute Gasteiger partial charge is 0.164 e. The fourth-order valence-electron chi connectivity index (χ4n) is 1.18. The van der Waals surface area contributed by atoms with Crippen molar-refractivity contribution in [3.05, 3.63) is 29.6 Å². The summed E-state index contributed by atoms with van der Waals surface area (Å²) < 4.78 is 4.74. The van der Waals surface area contributed by atoms with E-state index in [-0.39, 0.29) is 12.4 Å². The van der Waals surface area contributed by atoms with Gasteiger partial charge in [0.1, 0.15) is 6.61 Å². The first-order valence-electron chi connectivity index (χ1n) is 4.70. The highest BCUT2D eigenvalue weighted by Gasteiger charge is 2.03. The van der Waals surface area contributed by atoms with Crippen LogP contribution in [0.5, 0.6) is 0 Å². The second-order valence-corrected chi connectivity index (χ2v) is 3.16. The molecule has 0 spiro atoms.